The van der Waals surface area contributed by atoms with Crippen LogP contribution in [0.5, 0.6) is 0 Å². The number of likely N-dealkylation sites (tertiary alicyclic amines) is 1. The molecule has 0 spiro atoms. The van der Waals surface area contributed by atoms with E-state index in [1.807, 2.05) is 0 Å². The molecule has 2 aromatic rings. The molecular weight excluding hydrogens is 454 g/mol. The van der Waals surface area contributed by atoms with Crippen molar-refractivity contribution in [2.45, 2.75) is 81.8 Å². The quantitative estimate of drug-likeness (QED) is 0.522. The van der Waals surface area contributed by atoms with Crippen molar-refractivity contribution in [1.29, 1.82) is 0 Å². The van der Waals surface area contributed by atoms with E-state index < -0.39 is 15.1 Å². The SMILES string of the molecule is CC(C)(C)c1cc(CCC(=O)N2CCC(S(=O)(=O)c3ccc(Cl)cc3)C2)cc(C(C)(C)C)c1. The first-order chi connectivity index (χ1) is 15.2. The first-order valence-electron chi connectivity index (χ1n) is 11.6. The Labute approximate surface area is 204 Å². The van der Waals surface area contributed by atoms with E-state index in [9.17, 15) is 13.2 Å². The number of carbonyl (C=O) groups excluding carboxylic acids is 1. The standard InChI is InChI=1S/C27H36ClNO3S/c1-26(2,3)20-15-19(16-21(17-20)27(4,5)6)7-12-25(30)29-14-13-24(18-29)33(31,32)23-10-8-22(28)9-11-23/h8-11,15-17,24H,7,12-14,18H2,1-6H3. The maximum Gasteiger partial charge on any atom is 0.222 e. The molecule has 1 unspecified atom stereocenters. The largest absolute Gasteiger partial charge is 0.341 e. The van der Waals surface area contributed by atoms with E-state index in [1.165, 1.54) is 23.3 Å². The van der Waals surface area contributed by atoms with Crippen molar-refractivity contribution >= 4 is 27.3 Å². The van der Waals surface area contributed by atoms with Crippen LogP contribution in [0.1, 0.15) is 71.1 Å². The molecule has 4 nitrogen and oxygen atoms in total. The summed E-state index contributed by atoms with van der Waals surface area (Å²) in [7, 11) is -3.49. The lowest BCUT2D eigenvalue weighted by Gasteiger charge is -2.26. The highest BCUT2D eigenvalue weighted by Gasteiger charge is 2.36. The minimum Gasteiger partial charge on any atom is -0.341 e. The van der Waals surface area contributed by atoms with E-state index in [0.29, 0.717) is 30.8 Å². The summed E-state index contributed by atoms with van der Waals surface area (Å²) in [4.78, 5) is 14.9. The third kappa shape index (κ3) is 6.19. The zero-order chi connectivity index (χ0) is 24.6. The van der Waals surface area contributed by atoms with E-state index in [0.717, 1.165) is 5.56 Å². The molecule has 0 radical (unpaired) electrons. The van der Waals surface area contributed by atoms with Gasteiger partial charge in [0.1, 0.15) is 0 Å². The lowest BCUT2D eigenvalue weighted by atomic mass is 9.79. The Hall–Kier alpha value is -1.85. The fourth-order valence-corrected chi connectivity index (χ4v) is 5.95. The molecule has 0 aromatic heterocycles. The van der Waals surface area contributed by atoms with Gasteiger partial charge in [0.2, 0.25) is 5.91 Å². The lowest BCUT2D eigenvalue weighted by molar-refractivity contribution is -0.130. The molecule has 1 saturated heterocycles. The Morgan fingerprint density at radius 3 is 2.03 bits per heavy atom. The highest BCUT2D eigenvalue weighted by atomic mass is 35.5. The summed E-state index contributed by atoms with van der Waals surface area (Å²) in [5.41, 5.74) is 3.75. The van der Waals surface area contributed by atoms with Crippen LogP contribution in [-0.2, 0) is 31.9 Å². The summed E-state index contributed by atoms with van der Waals surface area (Å²) >= 11 is 5.89. The third-order valence-electron chi connectivity index (χ3n) is 6.43. The van der Waals surface area contributed by atoms with Crippen LogP contribution in [0.15, 0.2) is 47.4 Å². The van der Waals surface area contributed by atoms with E-state index in [-0.39, 0.29) is 28.2 Å². The van der Waals surface area contributed by atoms with Gasteiger partial charge < -0.3 is 4.90 Å². The van der Waals surface area contributed by atoms with Gasteiger partial charge in [0.05, 0.1) is 10.1 Å². The molecule has 1 amide bonds. The smallest absolute Gasteiger partial charge is 0.222 e. The van der Waals surface area contributed by atoms with Crippen LogP contribution >= 0.6 is 11.6 Å². The number of rotatable bonds is 5. The summed E-state index contributed by atoms with van der Waals surface area (Å²) in [6.45, 7) is 13.9. The number of amides is 1. The normalized spacial score (nSPS) is 17.4. The van der Waals surface area contributed by atoms with Crippen LogP contribution < -0.4 is 0 Å². The van der Waals surface area contributed by atoms with Crippen molar-refractivity contribution < 1.29 is 13.2 Å². The Morgan fingerprint density at radius 1 is 0.970 bits per heavy atom. The summed E-state index contributed by atoms with van der Waals surface area (Å²) in [5.74, 6) is 0.0160. The number of benzene rings is 2. The molecule has 0 saturated carbocycles. The average molecular weight is 490 g/mol. The van der Waals surface area contributed by atoms with Crippen molar-refractivity contribution in [3.63, 3.8) is 0 Å². The molecule has 0 aliphatic carbocycles. The number of nitrogens with zero attached hydrogens (tertiary/aromatic N) is 1. The van der Waals surface area contributed by atoms with Crippen molar-refractivity contribution in [3.05, 3.63) is 64.2 Å². The molecule has 0 bridgehead atoms. The van der Waals surface area contributed by atoms with Gasteiger partial charge in [-0.2, -0.15) is 0 Å². The second-order valence-corrected chi connectivity index (χ2v) is 13.8. The molecule has 6 heteroatoms. The number of hydrogen-bond donors (Lipinski definition) is 0. The fourth-order valence-electron chi connectivity index (χ4n) is 4.14. The summed E-state index contributed by atoms with van der Waals surface area (Å²) < 4.78 is 26.0. The maximum absolute atomic E-state index is 13.0. The van der Waals surface area contributed by atoms with Crippen molar-refractivity contribution in [2.75, 3.05) is 13.1 Å². The predicted molar refractivity (Wildman–Crippen MR) is 136 cm³/mol. The molecule has 0 N–H and O–H groups in total. The topological polar surface area (TPSA) is 54.5 Å². The van der Waals surface area contributed by atoms with Gasteiger partial charge in [-0.05, 0) is 64.6 Å². The average Bonchev–Trinajstić information content (AvgIpc) is 3.22. The number of halogens is 1. The molecule has 2 aromatic carbocycles. The highest BCUT2D eigenvalue weighted by molar-refractivity contribution is 7.92. The molecule has 1 heterocycles. The van der Waals surface area contributed by atoms with E-state index >= 15 is 0 Å². The first kappa shape index (κ1) is 25.8. The summed E-state index contributed by atoms with van der Waals surface area (Å²) in [5, 5.41) is -0.0679. The van der Waals surface area contributed by atoms with E-state index in [4.69, 9.17) is 11.6 Å². The zero-order valence-electron chi connectivity index (χ0n) is 20.6. The Bertz CT molecular complexity index is 1080. The first-order valence-corrected chi connectivity index (χ1v) is 13.5. The number of hydrogen-bond acceptors (Lipinski definition) is 3. The highest BCUT2D eigenvalue weighted by Crippen LogP contribution is 2.31. The van der Waals surface area contributed by atoms with Gasteiger partial charge >= 0.3 is 0 Å². The molecule has 1 fully saturated rings. The van der Waals surface area contributed by atoms with Crippen LogP contribution in [-0.4, -0.2) is 37.6 Å². The predicted octanol–water partition coefficient (Wildman–Crippen LogP) is 5.94. The molecule has 33 heavy (non-hydrogen) atoms. The molecule has 3 rings (SSSR count). The van der Waals surface area contributed by atoms with Crippen LogP contribution in [0.3, 0.4) is 0 Å². The van der Waals surface area contributed by atoms with Crippen LogP contribution in [0.2, 0.25) is 5.02 Å². The maximum atomic E-state index is 13.0. The number of sulfone groups is 1. The van der Waals surface area contributed by atoms with Gasteiger partial charge in [0.15, 0.2) is 9.84 Å². The van der Waals surface area contributed by atoms with Gasteiger partial charge in [0.25, 0.3) is 0 Å². The summed E-state index contributed by atoms with van der Waals surface area (Å²) in [6.07, 6.45) is 1.49. The second-order valence-electron chi connectivity index (χ2n) is 11.2. The number of carbonyl (C=O) groups is 1. The van der Waals surface area contributed by atoms with Gasteiger partial charge in [-0.1, -0.05) is 71.3 Å². The zero-order valence-corrected chi connectivity index (χ0v) is 22.2. The third-order valence-corrected chi connectivity index (χ3v) is 8.87. The van der Waals surface area contributed by atoms with Crippen molar-refractivity contribution in [2.24, 2.45) is 0 Å². The summed E-state index contributed by atoms with van der Waals surface area (Å²) in [6, 6.07) is 12.9. The molecule has 1 aliphatic rings. The van der Waals surface area contributed by atoms with Gasteiger partial charge in [-0.3, -0.25) is 4.79 Å². The Kier molecular flexibility index (Phi) is 7.36. The molecule has 1 atom stereocenters. The van der Waals surface area contributed by atoms with Gasteiger partial charge in [0, 0.05) is 24.5 Å². The molecular formula is C27H36ClNO3S. The monoisotopic (exact) mass is 489 g/mol. The minimum absolute atomic E-state index is 0.0160. The van der Waals surface area contributed by atoms with Crippen molar-refractivity contribution in [1.82, 2.24) is 4.90 Å². The van der Waals surface area contributed by atoms with Gasteiger partial charge in [-0.15, -0.1) is 0 Å². The van der Waals surface area contributed by atoms with E-state index in [2.05, 4.69) is 59.7 Å². The van der Waals surface area contributed by atoms with Gasteiger partial charge in [-0.25, -0.2) is 8.42 Å². The van der Waals surface area contributed by atoms with Crippen LogP contribution in [0.25, 0.3) is 0 Å². The Morgan fingerprint density at radius 2 is 1.52 bits per heavy atom. The van der Waals surface area contributed by atoms with E-state index in [1.54, 1.807) is 17.0 Å². The Balaban J connectivity index is 1.69. The fraction of sp³-hybridized carbons (Fsp3) is 0.519. The number of aryl methyl sites for hydroxylation is 1. The van der Waals surface area contributed by atoms with Crippen LogP contribution in [0.4, 0.5) is 0 Å². The minimum atomic E-state index is -3.49. The van der Waals surface area contributed by atoms with Crippen LogP contribution in [0, 0.1) is 0 Å². The van der Waals surface area contributed by atoms with Crippen molar-refractivity contribution in [3.8, 4) is 0 Å². The molecule has 1 aliphatic heterocycles. The second kappa shape index (κ2) is 9.42. The molecule has 180 valence electrons. The lowest BCUT2D eigenvalue weighted by Crippen LogP contribution is -2.32.